The summed E-state index contributed by atoms with van der Waals surface area (Å²) in [5.74, 6) is 8.06. The summed E-state index contributed by atoms with van der Waals surface area (Å²) in [5, 5.41) is 4.20. The summed E-state index contributed by atoms with van der Waals surface area (Å²) in [7, 11) is 0. The van der Waals surface area contributed by atoms with E-state index in [2.05, 4.69) is 226 Å². The van der Waals surface area contributed by atoms with Gasteiger partial charge in [0.25, 0.3) is 0 Å². The van der Waals surface area contributed by atoms with Crippen LogP contribution in [-0.4, -0.2) is 172 Å². The maximum absolute atomic E-state index is 5.59. The number of piperazine rings is 1. The number of hydrogen-bond donors (Lipinski definition) is 0. The average molecular weight is 1090 g/mol. The second-order valence-electron chi connectivity index (χ2n) is 27.4. The molecule has 444 valence electrons. The molecule has 6 aliphatic heterocycles. The molecule has 4 aromatic heterocycles. The van der Waals surface area contributed by atoms with Crippen molar-refractivity contribution in [3.8, 4) is 0 Å². The predicted octanol–water partition coefficient (Wildman–Crippen LogP) is 10.3. The van der Waals surface area contributed by atoms with E-state index in [1.54, 1.807) is 6.33 Å². The van der Waals surface area contributed by atoms with E-state index < -0.39 is 0 Å². The lowest BCUT2D eigenvalue weighted by atomic mass is 9.87. The number of hydrogen-bond acceptors (Lipinski definition) is 12. The number of rotatable bonds is 10. The molecule has 6 aliphatic rings. The van der Waals surface area contributed by atoms with E-state index in [4.69, 9.17) is 4.74 Å². The highest BCUT2D eigenvalue weighted by Gasteiger charge is 2.39. The first-order chi connectivity index (χ1) is 36.0. The highest BCUT2D eigenvalue weighted by molar-refractivity contribution is 5.07. The van der Waals surface area contributed by atoms with Crippen molar-refractivity contribution >= 4 is 0 Å². The Morgan fingerprint density at radius 3 is 1.35 bits per heavy atom. The third kappa shape index (κ3) is 15.3. The Kier molecular flexibility index (Phi) is 22.6. The summed E-state index contributed by atoms with van der Waals surface area (Å²) in [5.41, 5.74) is 2.61. The van der Waals surface area contributed by atoms with Crippen LogP contribution in [0.4, 0.5) is 0 Å². The van der Waals surface area contributed by atoms with Gasteiger partial charge in [-0.1, -0.05) is 76.7 Å². The monoisotopic (exact) mass is 1090 g/mol. The first-order valence-corrected chi connectivity index (χ1v) is 29.9. The van der Waals surface area contributed by atoms with E-state index in [0.717, 1.165) is 104 Å². The number of aromatic nitrogens is 9. The fraction of sp³-hybridized carbons (Fsp3) is 0.823. The van der Waals surface area contributed by atoms with Gasteiger partial charge >= 0.3 is 0 Å². The average Bonchev–Trinajstić information content (AvgIpc) is 4.28. The van der Waals surface area contributed by atoms with Crippen LogP contribution in [-0.2, 0) is 57.1 Å². The minimum atomic E-state index is 0. The molecule has 16 heteroatoms. The van der Waals surface area contributed by atoms with Crippen LogP contribution in [0.25, 0.3) is 0 Å². The van der Waals surface area contributed by atoms with E-state index in [9.17, 15) is 0 Å². The van der Waals surface area contributed by atoms with Crippen molar-refractivity contribution in [2.75, 3.05) is 65.6 Å². The highest BCUT2D eigenvalue weighted by atomic mass is 16.5. The van der Waals surface area contributed by atoms with Crippen LogP contribution in [0.3, 0.4) is 0 Å². The minimum absolute atomic E-state index is 0. The molecule has 1 unspecified atom stereocenters. The van der Waals surface area contributed by atoms with Gasteiger partial charge in [0.1, 0.15) is 29.6 Å². The van der Waals surface area contributed by atoms with Crippen molar-refractivity contribution in [3.05, 3.63) is 66.3 Å². The lowest BCUT2D eigenvalue weighted by Gasteiger charge is -2.50. The fourth-order valence-electron chi connectivity index (χ4n) is 10.9. The van der Waals surface area contributed by atoms with E-state index in [1.807, 2.05) is 23.3 Å². The third-order valence-electron chi connectivity index (χ3n) is 20.7. The summed E-state index contributed by atoms with van der Waals surface area (Å²) in [6, 6.07) is 0.625. The summed E-state index contributed by atoms with van der Waals surface area (Å²) in [6.07, 6.45) is 11.6. The molecular formula is C62H115N15O. The van der Waals surface area contributed by atoms with Crippen LogP contribution < -0.4 is 0 Å². The Bertz CT molecular complexity index is 2230. The van der Waals surface area contributed by atoms with Crippen LogP contribution in [0.2, 0.25) is 0 Å². The fourth-order valence-corrected chi connectivity index (χ4v) is 10.9. The van der Waals surface area contributed by atoms with Crippen molar-refractivity contribution < 1.29 is 4.74 Å². The Labute approximate surface area is 476 Å². The molecule has 0 bridgehead atoms. The number of aryl methyl sites for hydroxylation is 1. The van der Waals surface area contributed by atoms with Gasteiger partial charge in [-0.25, -0.2) is 24.6 Å². The van der Waals surface area contributed by atoms with Crippen molar-refractivity contribution in [1.29, 1.82) is 0 Å². The maximum atomic E-state index is 5.59. The van der Waals surface area contributed by atoms with E-state index >= 15 is 0 Å². The smallest absolute Gasteiger partial charge is 0.141 e. The molecular weight excluding hydrogens is 971 g/mol. The number of fused-ring (bicyclic) bond motifs is 5. The second kappa shape index (κ2) is 27.0. The van der Waals surface area contributed by atoms with Crippen molar-refractivity contribution in [1.82, 2.24) is 72.8 Å². The van der Waals surface area contributed by atoms with Gasteiger partial charge in [-0.05, 0) is 106 Å². The van der Waals surface area contributed by atoms with Gasteiger partial charge < -0.3 is 18.4 Å². The molecule has 0 saturated carbocycles. The molecule has 0 aromatic carbocycles. The van der Waals surface area contributed by atoms with E-state index in [0.29, 0.717) is 41.2 Å². The van der Waals surface area contributed by atoms with Crippen LogP contribution in [0.1, 0.15) is 175 Å². The molecule has 10 rings (SSSR count). The summed E-state index contributed by atoms with van der Waals surface area (Å²) in [6.45, 7) is 67.6. The number of imidazole rings is 3. The lowest BCUT2D eigenvalue weighted by Crippen LogP contribution is -2.63. The zero-order valence-corrected chi connectivity index (χ0v) is 52.8. The molecule has 2 saturated heterocycles. The molecule has 10 heterocycles. The van der Waals surface area contributed by atoms with Crippen LogP contribution in [0.15, 0.2) is 37.3 Å². The van der Waals surface area contributed by atoms with Crippen LogP contribution in [0.5, 0.6) is 0 Å². The zero-order valence-electron chi connectivity index (χ0n) is 52.8. The van der Waals surface area contributed by atoms with Crippen molar-refractivity contribution in [2.24, 2.45) is 29.6 Å². The van der Waals surface area contributed by atoms with Gasteiger partial charge in [-0.15, -0.1) is 0 Å². The molecule has 78 heavy (non-hydrogen) atoms. The SMILES string of the molecule is C.CC(C)C(C)(C)N1CCN2CCOCC2C1.CC(C)C(C)(C)N1CCn2ccnc2C1.CC(C)C(C)(C)N1CCn2ccnc2C1.CC(C)C(C)(C)N1CCn2ncnc2C1.Cc1cnc2n1CCN(C(C)(C)C(C)C)C2. The van der Waals surface area contributed by atoms with Gasteiger partial charge in [0.05, 0.1) is 45.9 Å². The van der Waals surface area contributed by atoms with Gasteiger partial charge in [0.15, 0.2) is 0 Å². The van der Waals surface area contributed by atoms with E-state index in [1.165, 1.54) is 42.8 Å². The molecule has 0 amide bonds. The minimum Gasteiger partial charge on any atom is -0.378 e. The van der Waals surface area contributed by atoms with Gasteiger partial charge in [-0.2, -0.15) is 5.10 Å². The normalized spacial score (nSPS) is 20.2. The highest BCUT2D eigenvalue weighted by Crippen LogP contribution is 2.32. The summed E-state index contributed by atoms with van der Waals surface area (Å²) >= 11 is 0. The zero-order chi connectivity index (χ0) is 56.8. The second-order valence-corrected chi connectivity index (χ2v) is 27.4. The van der Waals surface area contributed by atoms with Crippen molar-refractivity contribution in [3.63, 3.8) is 0 Å². The molecule has 4 aromatic rings. The van der Waals surface area contributed by atoms with Crippen LogP contribution >= 0.6 is 0 Å². The lowest BCUT2D eigenvalue weighted by molar-refractivity contribution is -0.0721. The van der Waals surface area contributed by atoms with Gasteiger partial charge in [-0.3, -0.25) is 29.4 Å². The molecule has 2 fully saturated rings. The molecule has 0 radical (unpaired) electrons. The van der Waals surface area contributed by atoms with Gasteiger partial charge in [0, 0.05) is 142 Å². The van der Waals surface area contributed by atoms with Gasteiger partial charge in [0.2, 0.25) is 0 Å². The summed E-state index contributed by atoms with van der Waals surface area (Å²) < 4.78 is 14.5. The predicted molar refractivity (Wildman–Crippen MR) is 322 cm³/mol. The standard InChI is InChI=1S/C13H23N3.C13H26N2O.2C12H21N3.C11H20N4.CH4/c1-10(2)13(4,5)15-6-7-16-11(3)8-14-12(16)9-15;1-11(2)13(3,4)15-6-5-14-7-8-16-10-12(14)9-15;2*1-10(2)12(3,4)15-8-7-14-6-5-13-11(14)9-15;1-9(2)11(3,4)14-5-6-15-10(7-14)12-8-13-15;/h8,10H,6-7,9H2,1-5H3;11-12H,5-10H2,1-4H3;2*5-6,10H,7-9H2,1-4H3;8-9H,5-7H2,1-4H3;1H4. The Morgan fingerprint density at radius 1 is 0.462 bits per heavy atom. The maximum Gasteiger partial charge on any atom is 0.141 e. The molecule has 0 aliphatic carbocycles. The molecule has 1 atom stereocenters. The van der Waals surface area contributed by atoms with Crippen LogP contribution in [0, 0.1) is 36.5 Å². The Balaban J connectivity index is 0.000000179. The Hall–Kier alpha value is -3.51. The number of nitrogens with zero attached hydrogens (tertiary/aromatic N) is 15. The summed E-state index contributed by atoms with van der Waals surface area (Å²) in [4.78, 5) is 33.0. The number of morpholine rings is 1. The third-order valence-corrected chi connectivity index (χ3v) is 20.7. The quantitative estimate of drug-likeness (QED) is 0.151. The Morgan fingerprint density at radius 2 is 0.872 bits per heavy atom. The van der Waals surface area contributed by atoms with E-state index in [-0.39, 0.29) is 29.6 Å². The molecule has 0 spiro atoms. The first-order valence-electron chi connectivity index (χ1n) is 29.9. The largest absolute Gasteiger partial charge is 0.378 e. The van der Waals surface area contributed by atoms with Crippen molar-refractivity contribution in [2.45, 2.75) is 239 Å². The molecule has 0 N–H and O–H groups in total. The first kappa shape index (κ1) is 65.3. The topological polar surface area (TPSA) is 113 Å². The number of ether oxygens (including phenoxy) is 1. The molecule has 16 nitrogen and oxygen atoms in total.